The number of amides is 3. The number of nitrogens with zero attached hydrogens (tertiary/aromatic N) is 1. The number of rotatable bonds is 13. The molecule has 3 N–H and O–H groups in total. The lowest BCUT2D eigenvalue weighted by atomic mass is 9.98. The largest absolute Gasteiger partial charge is 0.458 e. The van der Waals surface area contributed by atoms with Gasteiger partial charge in [0.05, 0.1) is 6.61 Å². The number of aryl methyl sites for hydroxylation is 1. The lowest BCUT2D eigenvalue weighted by Crippen LogP contribution is -2.55. The molecule has 0 radical (unpaired) electrons. The summed E-state index contributed by atoms with van der Waals surface area (Å²) in [5, 5.41) is 15.6. The molecule has 0 heterocycles. The Balaban J connectivity index is 2.56. The third-order valence-corrected chi connectivity index (χ3v) is 6.56. The molecule has 3 atom stereocenters. The molecule has 0 saturated heterocycles. The van der Waals surface area contributed by atoms with Gasteiger partial charge in [0.1, 0.15) is 29.3 Å². The molecule has 3 amide bonds. The number of nitrogens with one attached hydrogen (secondary N) is 2. The van der Waals surface area contributed by atoms with Crippen LogP contribution in [-0.2, 0) is 30.3 Å². The van der Waals surface area contributed by atoms with Gasteiger partial charge in [0.2, 0.25) is 11.8 Å². The van der Waals surface area contributed by atoms with Gasteiger partial charge in [-0.25, -0.2) is 9.59 Å². The first kappa shape index (κ1) is 37.3. The minimum absolute atomic E-state index is 0.000985. The number of esters is 1. The molecule has 0 aliphatic heterocycles. The van der Waals surface area contributed by atoms with Crippen molar-refractivity contribution in [3.05, 3.63) is 71.3 Å². The van der Waals surface area contributed by atoms with Crippen LogP contribution in [0.25, 0.3) is 0 Å². The summed E-state index contributed by atoms with van der Waals surface area (Å²) in [6, 6.07) is 13.0. The van der Waals surface area contributed by atoms with Crippen LogP contribution in [0.15, 0.2) is 54.6 Å². The third-order valence-electron chi connectivity index (χ3n) is 6.56. The lowest BCUT2D eigenvalue weighted by Gasteiger charge is -2.35. The Morgan fingerprint density at radius 2 is 1.40 bits per heavy atom. The van der Waals surface area contributed by atoms with Crippen LogP contribution >= 0.6 is 0 Å². The molecular formula is C35H51N3O7. The fourth-order valence-corrected chi connectivity index (χ4v) is 4.71. The highest BCUT2D eigenvalue weighted by Gasteiger charge is 2.38. The molecule has 2 aromatic rings. The molecule has 10 heteroatoms. The van der Waals surface area contributed by atoms with Crippen LogP contribution in [0.3, 0.4) is 0 Å². The highest BCUT2D eigenvalue weighted by molar-refractivity contribution is 5.94. The average molecular weight is 626 g/mol. The van der Waals surface area contributed by atoms with Gasteiger partial charge in [-0.15, -0.1) is 0 Å². The van der Waals surface area contributed by atoms with Gasteiger partial charge in [-0.2, -0.15) is 0 Å². The van der Waals surface area contributed by atoms with E-state index >= 15 is 0 Å². The fraction of sp³-hybridized carbons (Fsp3) is 0.543. The van der Waals surface area contributed by atoms with Crippen LogP contribution in [0.2, 0.25) is 0 Å². The number of benzene rings is 2. The zero-order valence-corrected chi connectivity index (χ0v) is 28.2. The topological polar surface area (TPSA) is 134 Å². The Kier molecular flexibility index (Phi) is 13.6. The molecule has 45 heavy (non-hydrogen) atoms. The van der Waals surface area contributed by atoms with Crippen molar-refractivity contribution in [1.29, 1.82) is 0 Å². The summed E-state index contributed by atoms with van der Waals surface area (Å²) >= 11 is 0. The Labute approximate surface area is 267 Å². The van der Waals surface area contributed by atoms with Gasteiger partial charge in [-0.1, -0.05) is 74.0 Å². The van der Waals surface area contributed by atoms with Crippen molar-refractivity contribution in [3.63, 3.8) is 0 Å². The van der Waals surface area contributed by atoms with Gasteiger partial charge in [0.25, 0.3) is 0 Å². The van der Waals surface area contributed by atoms with Gasteiger partial charge in [0, 0.05) is 13.0 Å². The highest BCUT2D eigenvalue weighted by Crippen LogP contribution is 2.25. The van der Waals surface area contributed by atoms with Gasteiger partial charge in [-0.05, 0) is 71.9 Å². The fourth-order valence-electron chi connectivity index (χ4n) is 4.71. The van der Waals surface area contributed by atoms with E-state index in [-0.39, 0.29) is 25.3 Å². The predicted octanol–water partition coefficient (Wildman–Crippen LogP) is 4.87. The molecule has 0 aliphatic carbocycles. The molecule has 0 fully saturated rings. The molecule has 0 spiro atoms. The second-order valence-corrected chi connectivity index (χ2v) is 13.7. The van der Waals surface area contributed by atoms with E-state index in [2.05, 4.69) is 10.6 Å². The number of aliphatic hydroxyl groups is 1. The predicted molar refractivity (Wildman–Crippen MR) is 173 cm³/mol. The normalized spacial score (nSPS) is 13.8. The van der Waals surface area contributed by atoms with Gasteiger partial charge in [0.15, 0.2) is 0 Å². The van der Waals surface area contributed by atoms with Crippen molar-refractivity contribution in [2.75, 3.05) is 13.2 Å². The van der Waals surface area contributed by atoms with Crippen molar-refractivity contribution in [2.24, 2.45) is 5.92 Å². The molecule has 0 aliphatic rings. The van der Waals surface area contributed by atoms with Crippen molar-refractivity contribution >= 4 is 23.9 Å². The number of hydrogen-bond donors (Lipinski definition) is 3. The number of carbonyl (C=O) groups is 4. The maximum atomic E-state index is 14.3. The summed E-state index contributed by atoms with van der Waals surface area (Å²) < 4.78 is 11.1. The minimum atomic E-state index is -1.24. The summed E-state index contributed by atoms with van der Waals surface area (Å²) in [5.41, 5.74) is 0.632. The van der Waals surface area contributed by atoms with E-state index in [1.807, 2.05) is 63.2 Å². The number of carbonyl (C=O) groups excluding carboxylic acids is 4. The van der Waals surface area contributed by atoms with Gasteiger partial charge < -0.3 is 30.1 Å². The standard InChI is InChI=1S/C35H51N3O7/c1-23(2)21-27(37-33(43)45-35(7,8)9)31(41)38(19-20-39)29(26-17-15-24(3)16-18-26)30(40)36-28(32(42)44-34(4,5)6)22-25-13-11-10-12-14-25/h10-18,23,27-29,39H,19-22H2,1-9H3,(H,36,40)(H,37,43). The van der Waals surface area contributed by atoms with Crippen LogP contribution in [0.1, 0.15) is 84.5 Å². The zero-order chi connectivity index (χ0) is 33.9. The number of hydrogen-bond acceptors (Lipinski definition) is 7. The van der Waals surface area contributed by atoms with E-state index in [1.165, 1.54) is 4.90 Å². The Morgan fingerprint density at radius 1 is 0.822 bits per heavy atom. The monoisotopic (exact) mass is 625 g/mol. The van der Waals surface area contributed by atoms with E-state index in [0.29, 0.717) is 5.56 Å². The number of ether oxygens (including phenoxy) is 2. The maximum absolute atomic E-state index is 14.3. The molecule has 0 bridgehead atoms. The summed E-state index contributed by atoms with van der Waals surface area (Å²) in [4.78, 5) is 55.9. The van der Waals surface area contributed by atoms with Crippen LogP contribution in [0.5, 0.6) is 0 Å². The Morgan fingerprint density at radius 3 is 1.91 bits per heavy atom. The Hall–Kier alpha value is -3.92. The van der Waals surface area contributed by atoms with E-state index in [9.17, 15) is 24.3 Å². The summed E-state index contributed by atoms with van der Waals surface area (Å²) in [6.07, 6.45) is -0.349. The van der Waals surface area contributed by atoms with Crippen molar-refractivity contribution in [2.45, 2.75) is 104 Å². The molecule has 2 rings (SSSR count). The zero-order valence-electron chi connectivity index (χ0n) is 28.2. The molecule has 3 unspecified atom stereocenters. The second-order valence-electron chi connectivity index (χ2n) is 13.7. The lowest BCUT2D eigenvalue weighted by molar-refractivity contribution is -0.159. The maximum Gasteiger partial charge on any atom is 0.408 e. The van der Waals surface area contributed by atoms with Crippen LogP contribution in [0.4, 0.5) is 4.79 Å². The smallest absolute Gasteiger partial charge is 0.408 e. The van der Waals surface area contributed by atoms with Crippen LogP contribution in [-0.4, -0.2) is 70.3 Å². The van der Waals surface area contributed by atoms with E-state index in [0.717, 1.165) is 11.1 Å². The van der Waals surface area contributed by atoms with E-state index in [1.54, 1.807) is 53.7 Å². The second kappa shape index (κ2) is 16.4. The molecule has 2 aromatic carbocycles. The number of alkyl carbamates (subject to hydrolysis) is 1. The van der Waals surface area contributed by atoms with Crippen molar-refractivity contribution in [1.82, 2.24) is 15.5 Å². The third kappa shape index (κ3) is 12.9. The van der Waals surface area contributed by atoms with Crippen LogP contribution in [0, 0.1) is 12.8 Å². The van der Waals surface area contributed by atoms with E-state index < -0.39 is 59.8 Å². The molecule has 248 valence electrons. The van der Waals surface area contributed by atoms with Crippen LogP contribution < -0.4 is 10.6 Å². The molecule has 0 aromatic heterocycles. The van der Waals surface area contributed by atoms with Crippen molar-refractivity contribution in [3.8, 4) is 0 Å². The summed E-state index contributed by atoms with van der Waals surface area (Å²) in [6.45, 7) is 15.5. The molecule has 10 nitrogen and oxygen atoms in total. The first-order valence-corrected chi connectivity index (χ1v) is 15.4. The van der Waals surface area contributed by atoms with Gasteiger partial charge in [-0.3, -0.25) is 9.59 Å². The average Bonchev–Trinajstić information content (AvgIpc) is 2.91. The van der Waals surface area contributed by atoms with Crippen molar-refractivity contribution < 1.29 is 33.8 Å². The molecule has 0 saturated carbocycles. The summed E-state index contributed by atoms with van der Waals surface area (Å²) in [5.74, 6) is -1.82. The quantitative estimate of drug-likeness (QED) is 0.271. The minimum Gasteiger partial charge on any atom is -0.458 e. The SMILES string of the molecule is Cc1ccc(C(C(=O)NC(Cc2ccccc2)C(=O)OC(C)(C)C)N(CCO)C(=O)C(CC(C)C)NC(=O)OC(C)(C)C)cc1. The van der Waals surface area contributed by atoms with Gasteiger partial charge >= 0.3 is 12.1 Å². The molecular weight excluding hydrogens is 574 g/mol. The first-order valence-electron chi connectivity index (χ1n) is 15.4. The first-order chi connectivity index (χ1) is 20.9. The highest BCUT2D eigenvalue weighted by atomic mass is 16.6. The number of aliphatic hydroxyl groups excluding tert-OH is 1. The van der Waals surface area contributed by atoms with E-state index in [4.69, 9.17) is 9.47 Å². The summed E-state index contributed by atoms with van der Waals surface area (Å²) in [7, 11) is 0. The Bertz CT molecular complexity index is 1260.